The Morgan fingerprint density at radius 1 is 1.38 bits per heavy atom. The molecule has 0 aliphatic carbocycles. The number of nitrogens with one attached hydrogen (secondary N) is 1. The minimum Gasteiger partial charge on any atom is -0.309 e. The van der Waals surface area contributed by atoms with Crippen LogP contribution in [-0.2, 0) is 0 Å². The molecular formula is C11H23BN. The summed E-state index contributed by atoms with van der Waals surface area (Å²) in [5.41, 5.74) is 0.327. The second-order valence-corrected chi connectivity index (χ2v) is 5.57. The summed E-state index contributed by atoms with van der Waals surface area (Å²) in [6, 6.07) is 0.670. The average molecular weight is 180 g/mol. The van der Waals surface area contributed by atoms with Gasteiger partial charge in [-0.25, -0.2) is 0 Å². The summed E-state index contributed by atoms with van der Waals surface area (Å²) in [5.74, 6) is 1.54. The maximum absolute atomic E-state index is 3.64. The lowest BCUT2D eigenvalue weighted by Crippen LogP contribution is -2.50. The van der Waals surface area contributed by atoms with Crippen molar-refractivity contribution in [3.05, 3.63) is 0 Å². The van der Waals surface area contributed by atoms with E-state index in [4.69, 9.17) is 0 Å². The van der Waals surface area contributed by atoms with Crippen molar-refractivity contribution < 1.29 is 0 Å². The van der Waals surface area contributed by atoms with E-state index in [2.05, 4.69) is 47.2 Å². The molecular weight excluding hydrogens is 157 g/mol. The fraction of sp³-hybridized carbons (Fsp3) is 1.00. The van der Waals surface area contributed by atoms with Crippen molar-refractivity contribution in [2.24, 2.45) is 0 Å². The standard InChI is InChI=1S/C11H23BN/c1-8(2)12-10-6-9(3)13-11(4,5)7-10/h8-10,13H,6-7H2,1-5H3. The maximum Gasteiger partial charge on any atom is 0.117 e. The zero-order chi connectivity index (χ0) is 10.1. The van der Waals surface area contributed by atoms with Crippen LogP contribution in [0.3, 0.4) is 0 Å². The Kier molecular flexibility index (Phi) is 3.45. The highest BCUT2D eigenvalue weighted by atomic mass is 15.0. The van der Waals surface area contributed by atoms with E-state index >= 15 is 0 Å². The third-order valence-corrected chi connectivity index (χ3v) is 2.72. The molecule has 1 fully saturated rings. The van der Waals surface area contributed by atoms with Crippen LogP contribution in [0.2, 0.25) is 11.6 Å². The zero-order valence-corrected chi connectivity index (χ0v) is 9.72. The van der Waals surface area contributed by atoms with Crippen LogP contribution < -0.4 is 5.32 Å². The molecule has 1 nitrogen and oxygen atoms in total. The van der Waals surface area contributed by atoms with Crippen molar-refractivity contribution in [2.75, 3.05) is 0 Å². The molecule has 2 atom stereocenters. The first kappa shape index (κ1) is 11.1. The van der Waals surface area contributed by atoms with Crippen molar-refractivity contribution >= 4 is 7.28 Å². The van der Waals surface area contributed by atoms with Crippen LogP contribution in [0, 0.1) is 0 Å². The highest BCUT2D eigenvalue weighted by molar-refractivity contribution is 6.39. The van der Waals surface area contributed by atoms with Gasteiger partial charge >= 0.3 is 0 Å². The first-order valence-corrected chi connectivity index (χ1v) is 5.52. The number of hydrogen-bond donors (Lipinski definition) is 1. The summed E-state index contributed by atoms with van der Waals surface area (Å²) < 4.78 is 0. The quantitative estimate of drug-likeness (QED) is 0.644. The lowest BCUT2D eigenvalue weighted by Gasteiger charge is -2.41. The van der Waals surface area contributed by atoms with Crippen LogP contribution >= 0.6 is 0 Å². The second-order valence-electron chi connectivity index (χ2n) is 5.57. The predicted octanol–water partition coefficient (Wildman–Crippen LogP) is 2.86. The Morgan fingerprint density at radius 2 is 2.00 bits per heavy atom. The molecule has 1 saturated heterocycles. The van der Waals surface area contributed by atoms with E-state index in [9.17, 15) is 0 Å². The van der Waals surface area contributed by atoms with Gasteiger partial charge in [-0.05, 0) is 33.6 Å². The van der Waals surface area contributed by atoms with Crippen LogP contribution in [0.15, 0.2) is 0 Å². The Bertz CT molecular complexity index is 163. The Balaban J connectivity index is 2.48. The molecule has 1 N–H and O–H groups in total. The maximum atomic E-state index is 3.64. The fourth-order valence-electron chi connectivity index (χ4n) is 2.67. The van der Waals surface area contributed by atoms with Gasteiger partial charge in [-0.15, -0.1) is 0 Å². The molecule has 1 aliphatic heterocycles. The summed E-state index contributed by atoms with van der Waals surface area (Å²) in [5, 5.41) is 3.64. The van der Waals surface area contributed by atoms with E-state index in [1.807, 2.05) is 0 Å². The zero-order valence-electron chi connectivity index (χ0n) is 9.72. The van der Waals surface area contributed by atoms with Crippen LogP contribution in [-0.4, -0.2) is 18.9 Å². The van der Waals surface area contributed by atoms with Gasteiger partial charge in [0.25, 0.3) is 0 Å². The van der Waals surface area contributed by atoms with Gasteiger partial charge in [-0.2, -0.15) is 0 Å². The average Bonchev–Trinajstić information content (AvgIpc) is 1.78. The summed E-state index contributed by atoms with van der Waals surface area (Å²) >= 11 is 0. The smallest absolute Gasteiger partial charge is 0.117 e. The first-order chi connectivity index (χ1) is 5.89. The molecule has 0 aromatic heterocycles. The number of rotatable bonds is 2. The van der Waals surface area contributed by atoms with Crippen molar-refractivity contribution in [2.45, 2.75) is 70.7 Å². The van der Waals surface area contributed by atoms with Crippen molar-refractivity contribution in [1.82, 2.24) is 5.32 Å². The minimum atomic E-state index is 0.327. The SMILES string of the molecule is CC(C)[B]C1CC(C)NC(C)(C)C1. The van der Waals surface area contributed by atoms with Gasteiger partial charge < -0.3 is 5.32 Å². The topological polar surface area (TPSA) is 12.0 Å². The first-order valence-electron chi connectivity index (χ1n) is 5.52. The van der Waals surface area contributed by atoms with E-state index in [1.54, 1.807) is 0 Å². The number of hydrogen-bond acceptors (Lipinski definition) is 1. The molecule has 0 bridgehead atoms. The normalized spacial score (nSPS) is 33.4. The molecule has 75 valence electrons. The molecule has 0 saturated carbocycles. The van der Waals surface area contributed by atoms with Crippen molar-refractivity contribution in [1.29, 1.82) is 0 Å². The second kappa shape index (κ2) is 4.04. The fourth-order valence-corrected chi connectivity index (χ4v) is 2.67. The van der Waals surface area contributed by atoms with Gasteiger partial charge in [0, 0.05) is 11.6 Å². The van der Waals surface area contributed by atoms with Crippen LogP contribution in [0.5, 0.6) is 0 Å². The summed E-state index contributed by atoms with van der Waals surface area (Å²) in [6.45, 7) is 11.5. The van der Waals surface area contributed by atoms with Gasteiger partial charge in [0.15, 0.2) is 0 Å². The largest absolute Gasteiger partial charge is 0.309 e. The molecule has 1 rings (SSSR count). The van der Waals surface area contributed by atoms with Crippen LogP contribution in [0.1, 0.15) is 47.5 Å². The highest BCUT2D eigenvalue weighted by Crippen LogP contribution is 2.32. The van der Waals surface area contributed by atoms with Crippen molar-refractivity contribution in [3.8, 4) is 0 Å². The molecule has 2 heteroatoms. The third-order valence-electron chi connectivity index (χ3n) is 2.72. The summed E-state index contributed by atoms with van der Waals surface area (Å²) in [4.78, 5) is 0. The highest BCUT2D eigenvalue weighted by Gasteiger charge is 2.31. The van der Waals surface area contributed by atoms with E-state index in [0.29, 0.717) is 11.6 Å². The van der Waals surface area contributed by atoms with Crippen molar-refractivity contribution in [3.63, 3.8) is 0 Å². The molecule has 1 radical (unpaired) electrons. The monoisotopic (exact) mass is 180 g/mol. The molecule has 1 aliphatic rings. The lowest BCUT2D eigenvalue weighted by atomic mass is 9.51. The molecule has 0 amide bonds. The molecule has 0 aromatic carbocycles. The van der Waals surface area contributed by atoms with Crippen LogP contribution in [0.4, 0.5) is 0 Å². The summed E-state index contributed by atoms with van der Waals surface area (Å²) in [6.07, 6.45) is 2.59. The van der Waals surface area contributed by atoms with Gasteiger partial charge in [-0.1, -0.05) is 25.5 Å². The van der Waals surface area contributed by atoms with E-state index < -0.39 is 0 Å². The van der Waals surface area contributed by atoms with Gasteiger partial charge in [0.1, 0.15) is 7.28 Å². The Labute approximate surface area is 83.9 Å². The van der Waals surface area contributed by atoms with Gasteiger partial charge in [0.2, 0.25) is 0 Å². The lowest BCUT2D eigenvalue weighted by molar-refractivity contribution is 0.253. The van der Waals surface area contributed by atoms with E-state index in [1.165, 1.54) is 12.8 Å². The summed E-state index contributed by atoms with van der Waals surface area (Å²) in [7, 11) is 2.51. The van der Waals surface area contributed by atoms with E-state index in [0.717, 1.165) is 11.6 Å². The molecule has 1 heterocycles. The predicted molar refractivity (Wildman–Crippen MR) is 60.5 cm³/mol. The van der Waals surface area contributed by atoms with Crippen LogP contribution in [0.25, 0.3) is 0 Å². The molecule has 0 spiro atoms. The molecule has 2 unspecified atom stereocenters. The minimum absolute atomic E-state index is 0.327. The van der Waals surface area contributed by atoms with E-state index in [-0.39, 0.29) is 0 Å². The molecule has 13 heavy (non-hydrogen) atoms. The van der Waals surface area contributed by atoms with Gasteiger partial charge in [-0.3, -0.25) is 0 Å². The Morgan fingerprint density at radius 3 is 2.46 bits per heavy atom. The van der Waals surface area contributed by atoms with Gasteiger partial charge in [0.05, 0.1) is 0 Å². The Hall–Kier alpha value is 0.0249. The number of piperidine rings is 1. The third kappa shape index (κ3) is 3.72. The molecule has 0 aromatic rings.